The summed E-state index contributed by atoms with van der Waals surface area (Å²) in [6.45, 7) is 8.89. The van der Waals surface area contributed by atoms with E-state index in [2.05, 4.69) is 26.1 Å². The lowest BCUT2D eigenvalue weighted by Gasteiger charge is -2.19. The van der Waals surface area contributed by atoms with Gasteiger partial charge in [0, 0.05) is 24.3 Å². The summed E-state index contributed by atoms with van der Waals surface area (Å²) in [6, 6.07) is 15.7. The average Bonchev–Trinajstić information content (AvgIpc) is 2.96. The van der Waals surface area contributed by atoms with Crippen LogP contribution in [0.3, 0.4) is 0 Å². The number of anilines is 2. The van der Waals surface area contributed by atoms with Gasteiger partial charge in [0.1, 0.15) is 0 Å². The number of rotatable bonds is 3. The van der Waals surface area contributed by atoms with Crippen molar-refractivity contribution < 1.29 is 9.59 Å². The highest BCUT2D eigenvalue weighted by molar-refractivity contribution is 6.03. The number of carbonyl (C=O) groups is 2. The third kappa shape index (κ3) is 3.96. The average molecular weight is 350 g/mol. The second-order valence-corrected chi connectivity index (χ2v) is 8.06. The third-order valence-corrected chi connectivity index (χ3v) is 4.83. The zero-order chi connectivity index (χ0) is 18.9. The highest BCUT2D eigenvalue weighted by Gasteiger charge is 2.35. The molecule has 1 aliphatic heterocycles. The van der Waals surface area contributed by atoms with Crippen LogP contribution < -0.4 is 10.2 Å². The van der Waals surface area contributed by atoms with Gasteiger partial charge >= 0.3 is 0 Å². The first kappa shape index (κ1) is 18.2. The molecule has 0 aliphatic carbocycles. The van der Waals surface area contributed by atoms with E-state index in [1.165, 1.54) is 5.56 Å². The summed E-state index contributed by atoms with van der Waals surface area (Å²) in [5, 5.41) is 2.95. The van der Waals surface area contributed by atoms with Crippen LogP contribution >= 0.6 is 0 Å². The van der Waals surface area contributed by atoms with Crippen LogP contribution in [0.15, 0.2) is 48.5 Å². The summed E-state index contributed by atoms with van der Waals surface area (Å²) in [6.07, 6.45) is 0.250. The van der Waals surface area contributed by atoms with Crippen LogP contribution in [0.2, 0.25) is 0 Å². The molecule has 0 aromatic heterocycles. The number of nitrogens with zero attached hydrogens (tertiary/aromatic N) is 1. The normalized spacial score (nSPS) is 17.5. The van der Waals surface area contributed by atoms with Gasteiger partial charge in [-0.2, -0.15) is 0 Å². The highest BCUT2D eigenvalue weighted by Crippen LogP contribution is 2.27. The van der Waals surface area contributed by atoms with Gasteiger partial charge in [-0.15, -0.1) is 0 Å². The molecular weight excluding hydrogens is 324 g/mol. The lowest BCUT2D eigenvalue weighted by atomic mass is 9.87. The van der Waals surface area contributed by atoms with Crippen molar-refractivity contribution in [2.75, 3.05) is 16.8 Å². The monoisotopic (exact) mass is 350 g/mol. The van der Waals surface area contributed by atoms with Gasteiger partial charge in [0.15, 0.2) is 0 Å². The van der Waals surface area contributed by atoms with Crippen molar-refractivity contribution in [2.45, 2.75) is 39.5 Å². The van der Waals surface area contributed by atoms with Gasteiger partial charge in [0.05, 0.1) is 5.92 Å². The fraction of sp³-hybridized carbons (Fsp3) is 0.364. The predicted octanol–water partition coefficient (Wildman–Crippen LogP) is 4.28. The minimum Gasteiger partial charge on any atom is -0.326 e. The van der Waals surface area contributed by atoms with Gasteiger partial charge in [0.25, 0.3) is 0 Å². The van der Waals surface area contributed by atoms with Crippen LogP contribution in [0.5, 0.6) is 0 Å². The van der Waals surface area contributed by atoms with Crippen molar-refractivity contribution in [3.05, 3.63) is 59.7 Å². The number of nitrogens with one attached hydrogen (secondary N) is 1. The molecule has 1 saturated heterocycles. The molecule has 1 heterocycles. The smallest absolute Gasteiger partial charge is 0.229 e. The van der Waals surface area contributed by atoms with Crippen molar-refractivity contribution in [3.63, 3.8) is 0 Å². The molecule has 2 aromatic carbocycles. The predicted molar refractivity (Wildman–Crippen MR) is 105 cm³/mol. The lowest BCUT2D eigenvalue weighted by Crippen LogP contribution is -2.28. The second kappa shape index (κ2) is 6.94. The van der Waals surface area contributed by atoms with Crippen LogP contribution in [0.25, 0.3) is 0 Å². The van der Waals surface area contributed by atoms with E-state index in [1.54, 1.807) is 4.90 Å². The molecule has 1 N–H and O–H groups in total. The first-order valence-corrected chi connectivity index (χ1v) is 9.02. The Morgan fingerprint density at radius 3 is 2.42 bits per heavy atom. The molecule has 1 aliphatic rings. The van der Waals surface area contributed by atoms with Crippen molar-refractivity contribution in [1.29, 1.82) is 0 Å². The molecule has 136 valence electrons. The fourth-order valence-electron chi connectivity index (χ4n) is 3.23. The van der Waals surface area contributed by atoms with Gasteiger partial charge in [-0.3, -0.25) is 9.59 Å². The first-order valence-electron chi connectivity index (χ1n) is 9.02. The molecule has 4 nitrogen and oxygen atoms in total. The number of amides is 2. The number of aryl methyl sites for hydroxylation is 1. The zero-order valence-electron chi connectivity index (χ0n) is 15.9. The molecular formula is C22H26N2O2. The molecule has 0 spiro atoms. The lowest BCUT2D eigenvalue weighted by molar-refractivity contribution is -0.122. The Bertz CT molecular complexity index is 819. The van der Waals surface area contributed by atoms with Gasteiger partial charge in [-0.05, 0) is 47.7 Å². The van der Waals surface area contributed by atoms with Crippen LogP contribution in [-0.4, -0.2) is 18.4 Å². The summed E-state index contributed by atoms with van der Waals surface area (Å²) in [5.74, 6) is -0.429. The minimum absolute atomic E-state index is 0.00108. The standard InChI is InChI=1S/C22H26N2O2/c1-15-6-5-7-19(12-15)24-14-16(13-20(24)25)21(26)23-18-10-8-17(9-11-18)22(2,3)4/h5-12,16H,13-14H2,1-4H3,(H,23,26)/t16-/m1/s1. The quantitative estimate of drug-likeness (QED) is 0.898. The number of hydrogen-bond acceptors (Lipinski definition) is 2. The van der Waals surface area contributed by atoms with E-state index in [4.69, 9.17) is 0 Å². The van der Waals surface area contributed by atoms with Crippen molar-refractivity contribution in [1.82, 2.24) is 0 Å². The maximum Gasteiger partial charge on any atom is 0.229 e. The van der Waals surface area contributed by atoms with Crippen molar-refractivity contribution >= 4 is 23.2 Å². The molecule has 26 heavy (non-hydrogen) atoms. The van der Waals surface area contributed by atoms with E-state index in [-0.39, 0.29) is 29.6 Å². The van der Waals surface area contributed by atoms with E-state index in [0.717, 1.165) is 16.9 Å². The topological polar surface area (TPSA) is 49.4 Å². The van der Waals surface area contributed by atoms with Gasteiger partial charge in [0.2, 0.25) is 11.8 Å². The summed E-state index contributed by atoms with van der Waals surface area (Å²) >= 11 is 0. The van der Waals surface area contributed by atoms with Crippen molar-refractivity contribution in [2.24, 2.45) is 5.92 Å². The van der Waals surface area contributed by atoms with Crippen LogP contribution in [0.1, 0.15) is 38.3 Å². The maximum atomic E-state index is 12.6. The number of carbonyl (C=O) groups excluding carboxylic acids is 2. The second-order valence-electron chi connectivity index (χ2n) is 8.06. The molecule has 0 saturated carbocycles. The van der Waals surface area contributed by atoms with E-state index >= 15 is 0 Å². The van der Waals surface area contributed by atoms with Gasteiger partial charge in [-0.1, -0.05) is 45.0 Å². The van der Waals surface area contributed by atoms with Gasteiger partial charge < -0.3 is 10.2 Å². The summed E-state index contributed by atoms with van der Waals surface area (Å²) in [7, 11) is 0. The highest BCUT2D eigenvalue weighted by atomic mass is 16.2. The van der Waals surface area contributed by atoms with Gasteiger partial charge in [-0.25, -0.2) is 0 Å². The fourth-order valence-corrected chi connectivity index (χ4v) is 3.23. The summed E-state index contributed by atoms with van der Waals surface area (Å²) in [4.78, 5) is 26.7. The zero-order valence-corrected chi connectivity index (χ0v) is 15.9. The Balaban J connectivity index is 1.67. The molecule has 1 atom stereocenters. The minimum atomic E-state index is -0.328. The Morgan fingerprint density at radius 1 is 1.12 bits per heavy atom. The van der Waals surface area contributed by atoms with E-state index in [0.29, 0.717) is 6.54 Å². The van der Waals surface area contributed by atoms with E-state index < -0.39 is 0 Å². The molecule has 1 fully saturated rings. The molecule has 2 aromatic rings. The maximum absolute atomic E-state index is 12.6. The van der Waals surface area contributed by atoms with Crippen LogP contribution in [-0.2, 0) is 15.0 Å². The SMILES string of the molecule is Cc1cccc(N2C[C@H](C(=O)Nc3ccc(C(C)(C)C)cc3)CC2=O)c1. The number of benzene rings is 2. The molecule has 0 unspecified atom stereocenters. The van der Waals surface area contributed by atoms with Crippen LogP contribution in [0.4, 0.5) is 11.4 Å². The molecule has 3 rings (SSSR count). The Kier molecular flexibility index (Phi) is 4.86. The Hall–Kier alpha value is -2.62. The molecule has 0 radical (unpaired) electrons. The van der Waals surface area contributed by atoms with Crippen LogP contribution in [0, 0.1) is 12.8 Å². The Morgan fingerprint density at radius 2 is 1.81 bits per heavy atom. The van der Waals surface area contributed by atoms with E-state index in [9.17, 15) is 9.59 Å². The Labute approximate surface area is 155 Å². The van der Waals surface area contributed by atoms with Crippen molar-refractivity contribution in [3.8, 4) is 0 Å². The van der Waals surface area contributed by atoms with E-state index in [1.807, 2.05) is 55.5 Å². The molecule has 4 heteroatoms. The summed E-state index contributed by atoms with van der Waals surface area (Å²) < 4.78 is 0. The largest absolute Gasteiger partial charge is 0.326 e. The molecule has 2 amide bonds. The summed E-state index contributed by atoms with van der Waals surface area (Å²) in [5.41, 5.74) is 4.03. The third-order valence-electron chi connectivity index (χ3n) is 4.83. The number of hydrogen-bond donors (Lipinski definition) is 1. The first-order chi connectivity index (χ1) is 12.2. The molecule has 0 bridgehead atoms.